The Balaban J connectivity index is 4.01. The molecule has 4 heteroatoms. The summed E-state index contributed by atoms with van der Waals surface area (Å²) in [7, 11) is 3.46. The van der Waals surface area contributed by atoms with Gasteiger partial charge in [-0.1, -0.05) is 13.8 Å². The molecule has 0 fully saturated rings. The summed E-state index contributed by atoms with van der Waals surface area (Å²) in [6.07, 6.45) is 1.31. The number of ether oxygens (including phenoxy) is 1. The number of aliphatic hydroxyl groups is 1. The number of hydrogen-bond acceptors (Lipinski definition) is 4. The molecule has 1 N–H and O–H groups in total. The van der Waals surface area contributed by atoms with Gasteiger partial charge in [-0.25, -0.2) is 0 Å². The largest absolute Gasteiger partial charge is 0.389 e. The lowest BCUT2D eigenvalue weighted by atomic mass is 9.89. The number of methoxy groups -OCH3 is 1. The molecule has 0 aromatic carbocycles. The van der Waals surface area contributed by atoms with Crippen molar-refractivity contribution < 1.29 is 14.6 Å². The molecule has 0 heterocycles. The van der Waals surface area contributed by atoms with Crippen LogP contribution in [0.25, 0.3) is 0 Å². The van der Waals surface area contributed by atoms with E-state index in [0.29, 0.717) is 19.7 Å². The number of hydrogen-bond donors (Lipinski definition) is 1. The van der Waals surface area contributed by atoms with Crippen LogP contribution < -0.4 is 0 Å². The minimum absolute atomic E-state index is 0.318. The highest BCUT2D eigenvalue weighted by atomic mass is 16.5. The van der Waals surface area contributed by atoms with E-state index in [2.05, 4.69) is 0 Å². The van der Waals surface area contributed by atoms with Crippen molar-refractivity contribution in [3.8, 4) is 0 Å². The van der Waals surface area contributed by atoms with E-state index < -0.39 is 6.10 Å². The highest BCUT2D eigenvalue weighted by Gasteiger charge is 2.23. The van der Waals surface area contributed by atoms with Crippen molar-refractivity contribution >= 4 is 6.29 Å². The molecule has 0 amide bonds. The summed E-state index contributed by atoms with van der Waals surface area (Å²) in [5, 5.41) is 9.51. The van der Waals surface area contributed by atoms with E-state index in [9.17, 15) is 9.90 Å². The molecule has 0 bridgehead atoms. The highest BCUT2D eigenvalue weighted by molar-refractivity contribution is 5.58. The monoisotopic (exact) mass is 217 g/mol. The molecule has 90 valence electrons. The molecule has 0 saturated heterocycles. The predicted octanol–water partition coefficient (Wildman–Crippen LogP) is 0.541. The zero-order valence-corrected chi connectivity index (χ0v) is 10.2. The van der Waals surface area contributed by atoms with Gasteiger partial charge in [0.25, 0.3) is 0 Å². The van der Waals surface area contributed by atoms with Crippen LogP contribution in [-0.2, 0) is 9.53 Å². The molecule has 0 aliphatic carbocycles. The number of rotatable bonds is 8. The average Bonchev–Trinajstić information content (AvgIpc) is 2.17. The van der Waals surface area contributed by atoms with Gasteiger partial charge in [-0.05, 0) is 13.5 Å². The average molecular weight is 217 g/mol. The summed E-state index contributed by atoms with van der Waals surface area (Å²) in [4.78, 5) is 12.9. The third-order valence-corrected chi connectivity index (χ3v) is 2.60. The molecule has 0 saturated carbocycles. The van der Waals surface area contributed by atoms with E-state index in [4.69, 9.17) is 4.74 Å². The smallest absolute Gasteiger partial charge is 0.127 e. The van der Waals surface area contributed by atoms with Crippen LogP contribution in [0.1, 0.15) is 20.3 Å². The van der Waals surface area contributed by atoms with Crippen LogP contribution in [0.5, 0.6) is 0 Å². The number of aldehydes is 1. The molecule has 0 spiro atoms. The van der Waals surface area contributed by atoms with E-state index in [1.54, 1.807) is 7.11 Å². The van der Waals surface area contributed by atoms with Crippen LogP contribution in [0.15, 0.2) is 0 Å². The van der Waals surface area contributed by atoms with Crippen LogP contribution in [-0.4, -0.2) is 56.3 Å². The molecular weight excluding hydrogens is 194 g/mol. The Kier molecular flexibility index (Phi) is 6.72. The lowest BCUT2D eigenvalue weighted by Crippen LogP contribution is -2.39. The summed E-state index contributed by atoms with van der Waals surface area (Å²) >= 11 is 0. The van der Waals surface area contributed by atoms with E-state index in [1.807, 2.05) is 25.8 Å². The first kappa shape index (κ1) is 14.6. The van der Waals surface area contributed by atoms with Gasteiger partial charge in [-0.2, -0.15) is 0 Å². The fraction of sp³-hybridized carbons (Fsp3) is 0.909. The van der Waals surface area contributed by atoms with Gasteiger partial charge in [0.2, 0.25) is 0 Å². The van der Waals surface area contributed by atoms with Gasteiger partial charge >= 0.3 is 0 Å². The van der Waals surface area contributed by atoms with E-state index in [0.717, 1.165) is 12.7 Å². The maximum atomic E-state index is 10.9. The van der Waals surface area contributed by atoms with Crippen LogP contribution in [0.2, 0.25) is 0 Å². The predicted molar refractivity (Wildman–Crippen MR) is 59.8 cm³/mol. The van der Waals surface area contributed by atoms with Crippen molar-refractivity contribution in [3.05, 3.63) is 0 Å². The van der Waals surface area contributed by atoms with E-state index >= 15 is 0 Å². The first-order valence-electron chi connectivity index (χ1n) is 5.29. The number of aliphatic hydroxyl groups excluding tert-OH is 1. The SMILES string of the molecule is CCC(C)(C=O)CN(C)CC(O)COC. The number of nitrogens with zero attached hydrogens (tertiary/aromatic N) is 1. The molecule has 2 atom stereocenters. The molecular formula is C11H23NO3. The maximum absolute atomic E-state index is 10.9. The second kappa shape index (κ2) is 6.93. The van der Waals surface area contributed by atoms with Gasteiger partial charge in [0.1, 0.15) is 6.29 Å². The molecule has 0 aromatic rings. The number of likely N-dealkylation sites (N-methyl/N-ethyl adjacent to an activating group) is 1. The molecule has 0 rings (SSSR count). The zero-order chi connectivity index (χ0) is 11.9. The summed E-state index contributed by atoms with van der Waals surface area (Å²) in [5.74, 6) is 0. The molecule has 0 aliphatic rings. The summed E-state index contributed by atoms with van der Waals surface area (Å²) in [6.45, 7) is 5.44. The molecule has 0 radical (unpaired) electrons. The fourth-order valence-electron chi connectivity index (χ4n) is 1.52. The molecule has 4 nitrogen and oxygen atoms in total. The molecule has 15 heavy (non-hydrogen) atoms. The molecule has 2 unspecified atom stereocenters. The normalized spacial score (nSPS) is 17.5. The third-order valence-electron chi connectivity index (χ3n) is 2.60. The van der Waals surface area contributed by atoms with Crippen molar-refractivity contribution in [3.63, 3.8) is 0 Å². The van der Waals surface area contributed by atoms with Gasteiger partial charge < -0.3 is 19.5 Å². The van der Waals surface area contributed by atoms with Crippen LogP contribution >= 0.6 is 0 Å². The van der Waals surface area contributed by atoms with Crippen LogP contribution in [0.4, 0.5) is 0 Å². The first-order valence-corrected chi connectivity index (χ1v) is 5.29. The van der Waals surface area contributed by atoms with Crippen molar-refractivity contribution in [2.75, 3.05) is 33.9 Å². The Morgan fingerprint density at radius 3 is 2.60 bits per heavy atom. The van der Waals surface area contributed by atoms with Gasteiger partial charge in [0, 0.05) is 25.6 Å². The second-order valence-corrected chi connectivity index (χ2v) is 4.43. The standard InChI is InChI=1S/C11H23NO3/c1-5-11(2,9-13)8-12(3)6-10(14)7-15-4/h9-10,14H,5-8H2,1-4H3. The van der Waals surface area contributed by atoms with Gasteiger partial charge in [0.15, 0.2) is 0 Å². The Morgan fingerprint density at radius 2 is 2.20 bits per heavy atom. The van der Waals surface area contributed by atoms with Gasteiger partial charge in [0.05, 0.1) is 12.7 Å². The Bertz CT molecular complexity index is 187. The minimum atomic E-state index is -0.493. The molecule has 0 aromatic heterocycles. The number of carbonyl (C=O) groups excluding carboxylic acids is 1. The van der Waals surface area contributed by atoms with E-state index in [-0.39, 0.29) is 5.41 Å². The van der Waals surface area contributed by atoms with Crippen molar-refractivity contribution in [2.24, 2.45) is 5.41 Å². The van der Waals surface area contributed by atoms with E-state index in [1.165, 1.54) is 0 Å². The number of carbonyl (C=O) groups is 1. The van der Waals surface area contributed by atoms with Crippen molar-refractivity contribution in [1.82, 2.24) is 4.90 Å². The van der Waals surface area contributed by atoms with Gasteiger partial charge in [-0.15, -0.1) is 0 Å². The highest BCUT2D eigenvalue weighted by Crippen LogP contribution is 2.18. The lowest BCUT2D eigenvalue weighted by Gasteiger charge is -2.29. The second-order valence-electron chi connectivity index (χ2n) is 4.43. The Labute approximate surface area is 92.2 Å². The Hall–Kier alpha value is -0.450. The molecule has 0 aliphatic heterocycles. The van der Waals surface area contributed by atoms with Gasteiger partial charge in [-0.3, -0.25) is 0 Å². The van der Waals surface area contributed by atoms with Crippen LogP contribution in [0.3, 0.4) is 0 Å². The summed E-state index contributed by atoms with van der Waals surface area (Å²) in [5.41, 5.74) is -0.318. The fourth-order valence-corrected chi connectivity index (χ4v) is 1.52. The summed E-state index contributed by atoms with van der Waals surface area (Å²) in [6, 6.07) is 0. The van der Waals surface area contributed by atoms with Crippen LogP contribution in [0, 0.1) is 5.41 Å². The third kappa shape index (κ3) is 5.87. The van der Waals surface area contributed by atoms with Crippen molar-refractivity contribution in [1.29, 1.82) is 0 Å². The Morgan fingerprint density at radius 1 is 1.60 bits per heavy atom. The maximum Gasteiger partial charge on any atom is 0.127 e. The lowest BCUT2D eigenvalue weighted by molar-refractivity contribution is -0.116. The topological polar surface area (TPSA) is 49.8 Å². The van der Waals surface area contributed by atoms with Crippen molar-refractivity contribution in [2.45, 2.75) is 26.4 Å². The zero-order valence-electron chi connectivity index (χ0n) is 10.2. The minimum Gasteiger partial charge on any atom is -0.389 e. The summed E-state index contributed by atoms with van der Waals surface area (Å²) < 4.78 is 4.84. The quantitative estimate of drug-likeness (QED) is 0.603. The first-order chi connectivity index (χ1) is 6.97.